The number of phosphoric ester groups is 2. The van der Waals surface area contributed by atoms with E-state index >= 15 is 0 Å². The minimum Gasteiger partial charge on any atom is -0.462 e. The fourth-order valence-electron chi connectivity index (χ4n) is 11.2. The first kappa shape index (κ1) is 91.1. The Labute approximate surface area is 568 Å². The van der Waals surface area contributed by atoms with E-state index in [9.17, 15) is 43.2 Å². The average Bonchev–Trinajstić information content (AvgIpc) is 1.69. The zero-order chi connectivity index (χ0) is 68.7. The predicted octanol–water partition coefficient (Wildman–Crippen LogP) is 21.4. The summed E-state index contributed by atoms with van der Waals surface area (Å²) in [6, 6.07) is 0. The van der Waals surface area contributed by atoms with Crippen molar-refractivity contribution >= 4 is 39.5 Å². The predicted molar refractivity (Wildman–Crippen MR) is 377 cm³/mol. The number of carbonyl (C=O) groups is 4. The van der Waals surface area contributed by atoms with E-state index in [0.717, 1.165) is 114 Å². The number of phosphoric acid groups is 2. The molecule has 0 aliphatic carbocycles. The van der Waals surface area contributed by atoms with E-state index < -0.39 is 97.5 Å². The van der Waals surface area contributed by atoms with Gasteiger partial charge in [0.1, 0.15) is 19.3 Å². The lowest BCUT2D eigenvalue weighted by Gasteiger charge is -2.21. The van der Waals surface area contributed by atoms with Crippen LogP contribution < -0.4 is 0 Å². The standard InChI is InChI=1S/C74H144O17P2/c1-8-10-11-38-48-55-71(76)84-61-69(90-73(78)58-51-44-37-31-25-24-28-34-41-47-54-67(7)9-2)63-88-92(80,81)86-59-68(75)60-87-93(82,83)89-64-70(62-85-72(77)56-49-42-35-29-22-19-15-17-21-27-33-40-46-53-66(5)6)91-74(79)57-50-43-36-30-23-18-14-12-13-16-20-26-32-39-45-52-65(3)4/h65-70,75H,8-64H2,1-7H3,(H,80,81)(H,82,83)/t67?,68-,69+,70+/m0/s1. The van der Waals surface area contributed by atoms with Crippen LogP contribution in [0.5, 0.6) is 0 Å². The summed E-state index contributed by atoms with van der Waals surface area (Å²) in [5, 5.41) is 10.6. The van der Waals surface area contributed by atoms with Gasteiger partial charge in [-0.15, -0.1) is 0 Å². The van der Waals surface area contributed by atoms with E-state index in [2.05, 4.69) is 48.5 Å². The molecule has 0 aliphatic rings. The normalized spacial score (nSPS) is 14.4. The molecule has 0 bridgehead atoms. The van der Waals surface area contributed by atoms with E-state index in [-0.39, 0.29) is 25.7 Å². The summed E-state index contributed by atoms with van der Waals surface area (Å²) in [4.78, 5) is 72.5. The maximum atomic E-state index is 13.1. The van der Waals surface area contributed by atoms with Gasteiger partial charge < -0.3 is 33.8 Å². The molecule has 0 amide bonds. The van der Waals surface area contributed by atoms with Gasteiger partial charge in [0.15, 0.2) is 12.2 Å². The monoisotopic (exact) mass is 1370 g/mol. The molecule has 0 heterocycles. The molecule has 0 saturated heterocycles. The van der Waals surface area contributed by atoms with Crippen LogP contribution in [0.3, 0.4) is 0 Å². The smallest absolute Gasteiger partial charge is 0.462 e. The number of rotatable bonds is 72. The first-order chi connectivity index (χ1) is 44.8. The quantitative estimate of drug-likeness (QED) is 0.0222. The molecule has 17 nitrogen and oxygen atoms in total. The van der Waals surface area contributed by atoms with Crippen molar-refractivity contribution in [3.8, 4) is 0 Å². The molecule has 0 spiro atoms. The molecule has 0 radical (unpaired) electrons. The number of unbranched alkanes of at least 4 members (excludes halogenated alkanes) is 39. The highest BCUT2D eigenvalue weighted by Crippen LogP contribution is 2.45. The molecule has 552 valence electrons. The van der Waals surface area contributed by atoms with Crippen molar-refractivity contribution < 1.29 is 80.2 Å². The molecule has 0 aromatic rings. The van der Waals surface area contributed by atoms with Crippen LogP contribution in [-0.4, -0.2) is 96.7 Å². The van der Waals surface area contributed by atoms with E-state index in [4.69, 9.17) is 37.0 Å². The van der Waals surface area contributed by atoms with Crippen LogP contribution in [0.2, 0.25) is 0 Å². The third kappa shape index (κ3) is 67.0. The number of carbonyl (C=O) groups excluding carboxylic acids is 4. The molecular formula is C74H144O17P2. The lowest BCUT2D eigenvalue weighted by molar-refractivity contribution is -0.161. The first-order valence-electron chi connectivity index (χ1n) is 38.4. The van der Waals surface area contributed by atoms with Crippen molar-refractivity contribution in [3.05, 3.63) is 0 Å². The number of hydrogen-bond donors (Lipinski definition) is 3. The summed E-state index contributed by atoms with van der Waals surface area (Å²) in [5.74, 6) is 0.266. The molecule has 0 aromatic carbocycles. The van der Waals surface area contributed by atoms with Gasteiger partial charge in [-0.25, -0.2) is 9.13 Å². The lowest BCUT2D eigenvalue weighted by Crippen LogP contribution is -2.30. The fourth-order valence-corrected chi connectivity index (χ4v) is 12.8. The van der Waals surface area contributed by atoms with E-state index in [0.29, 0.717) is 25.7 Å². The van der Waals surface area contributed by atoms with E-state index in [1.807, 2.05) is 0 Å². The fraction of sp³-hybridized carbons (Fsp3) is 0.946. The van der Waals surface area contributed by atoms with Crippen molar-refractivity contribution in [1.82, 2.24) is 0 Å². The second-order valence-corrected chi connectivity index (χ2v) is 30.8. The average molecular weight is 1370 g/mol. The van der Waals surface area contributed by atoms with Crippen LogP contribution >= 0.6 is 15.6 Å². The summed E-state index contributed by atoms with van der Waals surface area (Å²) in [5.41, 5.74) is 0. The number of ether oxygens (including phenoxy) is 4. The minimum atomic E-state index is -4.95. The zero-order valence-electron chi connectivity index (χ0n) is 60.7. The van der Waals surface area contributed by atoms with Crippen molar-refractivity contribution in [2.24, 2.45) is 17.8 Å². The SMILES string of the molecule is CCCCCCCC(=O)OC[C@H](COP(=O)(O)OC[C@H](O)COP(=O)(O)OC[C@@H](COC(=O)CCCCCCCCCCCCCCCC(C)C)OC(=O)CCCCCCCCCCCCCCCCCC(C)C)OC(=O)CCCCCCCCCCCCC(C)CC. The Bertz CT molecular complexity index is 1820. The summed E-state index contributed by atoms with van der Waals surface area (Å²) in [6.45, 7) is 11.9. The largest absolute Gasteiger partial charge is 0.472 e. The molecule has 93 heavy (non-hydrogen) atoms. The summed E-state index contributed by atoms with van der Waals surface area (Å²) in [6.07, 6.45) is 50.3. The summed E-state index contributed by atoms with van der Waals surface area (Å²) in [7, 11) is -9.90. The van der Waals surface area contributed by atoms with Crippen molar-refractivity contribution in [2.75, 3.05) is 39.6 Å². The lowest BCUT2D eigenvalue weighted by atomic mass is 9.99. The van der Waals surface area contributed by atoms with Gasteiger partial charge in [0.25, 0.3) is 0 Å². The zero-order valence-corrected chi connectivity index (χ0v) is 62.5. The third-order valence-electron chi connectivity index (χ3n) is 17.5. The molecule has 0 aliphatic heterocycles. The molecule has 6 atom stereocenters. The Kier molecular flexibility index (Phi) is 63.4. The Morgan fingerprint density at radius 3 is 0.817 bits per heavy atom. The van der Waals surface area contributed by atoms with Gasteiger partial charge in [-0.3, -0.25) is 37.3 Å². The number of esters is 4. The second-order valence-electron chi connectivity index (χ2n) is 27.9. The topological polar surface area (TPSA) is 237 Å². The number of hydrogen-bond acceptors (Lipinski definition) is 15. The van der Waals surface area contributed by atoms with E-state index in [1.54, 1.807) is 0 Å². The Balaban J connectivity index is 5.16. The highest BCUT2D eigenvalue weighted by molar-refractivity contribution is 7.47. The van der Waals surface area contributed by atoms with Crippen LogP contribution in [0.1, 0.15) is 376 Å². The second kappa shape index (κ2) is 64.7. The highest BCUT2D eigenvalue weighted by Gasteiger charge is 2.30. The van der Waals surface area contributed by atoms with Crippen LogP contribution in [0.15, 0.2) is 0 Å². The van der Waals surface area contributed by atoms with Gasteiger partial charge >= 0.3 is 39.5 Å². The molecule has 3 N–H and O–H groups in total. The van der Waals surface area contributed by atoms with Crippen molar-refractivity contribution in [3.63, 3.8) is 0 Å². The van der Waals surface area contributed by atoms with Gasteiger partial charge in [0.2, 0.25) is 0 Å². The maximum Gasteiger partial charge on any atom is 0.472 e. The van der Waals surface area contributed by atoms with Gasteiger partial charge in [0, 0.05) is 25.7 Å². The Morgan fingerprint density at radius 2 is 0.548 bits per heavy atom. The van der Waals surface area contributed by atoms with Gasteiger partial charge in [-0.2, -0.15) is 0 Å². The Morgan fingerprint density at radius 1 is 0.312 bits per heavy atom. The van der Waals surface area contributed by atoms with E-state index in [1.165, 1.54) is 180 Å². The molecule has 3 unspecified atom stereocenters. The van der Waals surface area contributed by atoms with Gasteiger partial charge in [-0.05, 0) is 43.4 Å². The Hall–Kier alpha value is -1.94. The van der Waals surface area contributed by atoms with Crippen LogP contribution in [0.4, 0.5) is 0 Å². The molecule has 0 fully saturated rings. The van der Waals surface area contributed by atoms with Crippen molar-refractivity contribution in [1.29, 1.82) is 0 Å². The third-order valence-corrected chi connectivity index (χ3v) is 19.4. The van der Waals surface area contributed by atoms with Crippen LogP contribution in [0, 0.1) is 17.8 Å². The summed E-state index contributed by atoms with van der Waals surface area (Å²) >= 11 is 0. The molecule has 0 rings (SSSR count). The number of aliphatic hydroxyl groups excluding tert-OH is 1. The van der Waals surface area contributed by atoms with Crippen molar-refractivity contribution in [2.45, 2.75) is 394 Å². The number of aliphatic hydroxyl groups is 1. The molecule has 0 saturated carbocycles. The highest BCUT2D eigenvalue weighted by atomic mass is 31.2. The molecule has 19 heteroatoms. The van der Waals surface area contributed by atoms with Gasteiger partial charge in [0.05, 0.1) is 26.4 Å². The summed E-state index contributed by atoms with van der Waals surface area (Å²) < 4.78 is 68.2. The van der Waals surface area contributed by atoms with Crippen LogP contribution in [-0.2, 0) is 65.4 Å². The maximum absolute atomic E-state index is 13.1. The van der Waals surface area contributed by atoms with Crippen LogP contribution in [0.25, 0.3) is 0 Å². The van der Waals surface area contributed by atoms with Gasteiger partial charge in [-0.1, -0.05) is 325 Å². The minimum absolute atomic E-state index is 0.105. The molecular weight excluding hydrogens is 1220 g/mol. The molecule has 0 aromatic heterocycles. The first-order valence-corrected chi connectivity index (χ1v) is 41.4.